The fourth-order valence-corrected chi connectivity index (χ4v) is 4.41. The smallest absolute Gasteiger partial charge is 0.260 e. The van der Waals surface area contributed by atoms with Crippen molar-refractivity contribution in [3.63, 3.8) is 0 Å². The Morgan fingerprint density at radius 2 is 2.00 bits per heavy atom. The van der Waals surface area contributed by atoms with E-state index in [9.17, 15) is 14.0 Å². The summed E-state index contributed by atoms with van der Waals surface area (Å²) in [6.07, 6.45) is 3.03. The second kappa shape index (κ2) is 6.99. The fourth-order valence-electron chi connectivity index (χ4n) is 4.41. The maximum absolute atomic E-state index is 14.6. The number of carbonyl (C=O) groups excluding carboxylic acids is 2. The third-order valence-electron chi connectivity index (χ3n) is 6.07. The van der Waals surface area contributed by atoms with Crippen LogP contribution in [0.4, 0.5) is 4.39 Å². The zero-order valence-corrected chi connectivity index (χ0v) is 14.8. The summed E-state index contributed by atoms with van der Waals surface area (Å²) in [5.41, 5.74) is -1.02. The van der Waals surface area contributed by atoms with E-state index in [0.29, 0.717) is 38.1 Å². The molecule has 0 bridgehead atoms. The van der Waals surface area contributed by atoms with E-state index in [0.717, 1.165) is 19.3 Å². The topological polar surface area (TPSA) is 58.6 Å². The Kier molecular flexibility index (Phi) is 4.69. The number of morpholine rings is 1. The average molecular weight is 360 g/mol. The van der Waals surface area contributed by atoms with Gasteiger partial charge in [0.25, 0.3) is 11.8 Å². The molecule has 3 aliphatic rings. The first-order valence-corrected chi connectivity index (χ1v) is 9.53. The van der Waals surface area contributed by atoms with Gasteiger partial charge in [-0.1, -0.05) is 18.2 Å². The molecule has 1 aromatic rings. The van der Waals surface area contributed by atoms with Gasteiger partial charge in [-0.25, -0.2) is 4.39 Å². The largest absolute Gasteiger partial charge is 0.374 e. The van der Waals surface area contributed by atoms with Crippen molar-refractivity contribution in [2.75, 3.05) is 19.7 Å². The second-order valence-corrected chi connectivity index (χ2v) is 7.63. The molecule has 1 heterocycles. The van der Waals surface area contributed by atoms with Crippen LogP contribution in [0.5, 0.6) is 0 Å². The summed E-state index contributed by atoms with van der Waals surface area (Å²) in [4.78, 5) is 26.6. The van der Waals surface area contributed by atoms with Gasteiger partial charge in [-0.3, -0.25) is 9.59 Å². The number of hydrogen-bond acceptors (Lipinski definition) is 3. The quantitative estimate of drug-likeness (QED) is 0.896. The molecule has 4 rings (SSSR count). The number of fused-ring (bicyclic) bond motifs is 1. The van der Waals surface area contributed by atoms with Crippen molar-refractivity contribution in [3.05, 3.63) is 35.9 Å². The molecule has 2 amide bonds. The third-order valence-corrected chi connectivity index (χ3v) is 6.07. The van der Waals surface area contributed by atoms with Crippen LogP contribution in [-0.4, -0.2) is 54.2 Å². The number of carbonyl (C=O) groups is 2. The average Bonchev–Trinajstić information content (AvgIpc) is 3.07. The molecule has 0 aromatic heterocycles. The lowest BCUT2D eigenvalue weighted by Crippen LogP contribution is -2.59. The zero-order chi connectivity index (χ0) is 18.1. The van der Waals surface area contributed by atoms with E-state index in [2.05, 4.69) is 5.32 Å². The molecular weight excluding hydrogens is 335 g/mol. The Bertz CT molecular complexity index is 677. The summed E-state index contributed by atoms with van der Waals surface area (Å²) < 4.78 is 20.5. The lowest BCUT2D eigenvalue weighted by atomic mass is 9.80. The third kappa shape index (κ3) is 3.11. The van der Waals surface area contributed by atoms with Crippen LogP contribution < -0.4 is 5.32 Å². The van der Waals surface area contributed by atoms with Crippen LogP contribution in [0, 0.1) is 5.92 Å². The van der Waals surface area contributed by atoms with E-state index in [1.165, 1.54) is 0 Å². The Balaban J connectivity index is 1.37. The van der Waals surface area contributed by atoms with E-state index in [-0.39, 0.29) is 29.9 Å². The number of nitrogens with zero attached hydrogens (tertiary/aromatic N) is 1. The van der Waals surface area contributed by atoms with Crippen LogP contribution in [0.25, 0.3) is 0 Å². The number of hydrogen-bond donors (Lipinski definition) is 1. The van der Waals surface area contributed by atoms with E-state index in [4.69, 9.17) is 4.74 Å². The normalized spacial score (nSPS) is 29.6. The van der Waals surface area contributed by atoms with Crippen LogP contribution in [0.2, 0.25) is 0 Å². The first-order chi connectivity index (χ1) is 12.6. The minimum atomic E-state index is -1.65. The lowest BCUT2D eigenvalue weighted by Gasteiger charge is -2.44. The van der Waals surface area contributed by atoms with E-state index >= 15 is 0 Å². The van der Waals surface area contributed by atoms with Gasteiger partial charge in [-0.05, 0) is 44.2 Å². The number of benzene rings is 1. The molecular formula is C20H25FN2O3. The number of ether oxygens (including phenoxy) is 1. The van der Waals surface area contributed by atoms with E-state index < -0.39 is 5.67 Å². The molecule has 3 fully saturated rings. The number of amides is 2. The van der Waals surface area contributed by atoms with Crippen molar-refractivity contribution in [1.29, 1.82) is 0 Å². The van der Waals surface area contributed by atoms with Gasteiger partial charge in [0.05, 0.1) is 18.8 Å². The van der Waals surface area contributed by atoms with Gasteiger partial charge in [0.2, 0.25) is 0 Å². The number of nitrogens with one attached hydrogen (secondary N) is 1. The minimum Gasteiger partial charge on any atom is -0.374 e. The summed E-state index contributed by atoms with van der Waals surface area (Å²) in [7, 11) is 0. The van der Waals surface area contributed by atoms with Crippen molar-refractivity contribution in [2.24, 2.45) is 5.92 Å². The molecule has 2 aliphatic carbocycles. The molecule has 1 aromatic carbocycles. The highest BCUT2D eigenvalue weighted by Gasteiger charge is 2.52. The number of halogens is 1. The summed E-state index contributed by atoms with van der Waals surface area (Å²) in [6, 6.07) is 9.04. The summed E-state index contributed by atoms with van der Waals surface area (Å²) in [5.74, 6) is -0.300. The van der Waals surface area contributed by atoms with Crippen LogP contribution in [0.1, 0.15) is 42.5 Å². The maximum atomic E-state index is 14.6. The molecule has 3 atom stereocenters. The van der Waals surface area contributed by atoms with Crippen LogP contribution in [0.3, 0.4) is 0 Å². The Labute approximate surface area is 152 Å². The zero-order valence-electron chi connectivity index (χ0n) is 14.8. The van der Waals surface area contributed by atoms with Gasteiger partial charge in [-0.15, -0.1) is 0 Å². The van der Waals surface area contributed by atoms with E-state index in [1.54, 1.807) is 17.0 Å². The van der Waals surface area contributed by atoms with Crippen LogP contribution >= 0.6 is 0 Å². The van der Waals surface area contributed by atoms with Gasteiger partial charge >= 0.3 is 0 Å². The Morgan fingerprint density at radius 3 is 2.69 bits per heavy atom. The fraction of sp³-hybridized carbons (Fsp3) is 0.600. The Hall–Kier alpha value is -1.95. The molecule has 3 unspecified atom stereocenters. The van der Waals surface area contributed by atoms with Gasteiger partial charge < -0.3 is 15.0 Å². The summed E-state index contributed by atoms with van der Waals surface area (Å²) >= 11 is 0. The highest BCUT2D eigenvalue weighted by Crippen LogP contribution is 2.41. The predicted molar refractivity (Wildman–Crippen MR) is 94.4 cm³/mol. The molecule has 1 aliphatic heterocycles. The molecule has 5 nitrogen and oxygen atoms in total. The lowest BCUT2D eigenvalue weighted by molar-refractivity contribution is -0.163. The van der Waals surface area contributed by atoms with Crippen molar-refractivity contribution >= 4 is 11.8 Å². The molecule has 1 saturated heterocycles. The van der Waals surface area contributed by atoms with Crippen molar-refractivity contribution < 1.29 is 18.7 Å². The van der Waals surface area contributed by atoms with Crippen LogP contribution in [0.15, 0.2) is 30.3 Å². The standard InChI is InChI=1S/C20H25FN2O3/c21-20(9-4-10-20)19(25)23-11-12-26-17-15(7-8-16(17)23)13-22-18(24)14-5-2-1-3-6-14/h1-3,5-6,15-17H,4,7-13H2,(H,22,24). The van der Waals surface area contributed by atoms with Crippen molar-refractivity contribution in [1.82, 2.24) is 10.2 Å². The highest BCUT2D eigenvalue weighted by molar-refractivity contribution is 5.94. The van der Waals surface area contributed by atoms with Gasteiger partial charge in [0.15, 0.2) is 5.67 Å². The summed E-state index contributed by atoms with van der Waals surface area (Å²) in [6.45, 7) is 1.42. The van der Waals surface area contributed by atoms with Crippen LogP contribution in [-0.2, 0) is 9.53 Å². The maximum Gasteiger partial charge on any atom is 0.260 e. The van der Waals surface area contributed by atoms with E-state index in [1.807, 2.05) is 18.2 Å². The van der Waals surface area contributed by atoms with Crippen molar-refractivity contribution in [2.45, 2.75) is 49.9 Å². The second-order valence-electron chi connectivity index (χ2n) is 7.63. The monoisotopic (exact) mass is 360 g/mol. The molecule has 0 radical (unpaired) electrons. The van der Waals surface area contributed by atoms with Crippen molar-refractivity contribution in [3.8, 4) is 0 Å². The molecule has 26 heavy (non-hydrogen) atoms. The SMILES string of the molecule is O=C(NCC1CCC2C1OCCN2C(=O)C1(F)CCC1)c1ccccc1. The molecule has 1 N–H and O–H groups in total. The Morgan fingerprint density at radius 1 is 1.23 bits per heavy atom. The molecule has 0 spiro atoms. The molecule has 140 valence electrons. The summed E-state index contributed by atoms with van der Waals surface area (Å²) in [5, 5.41) is 2.97. The predicted octanol–water partition coefficient (Wildman–Crippen LogP) is 2.31. The highest BCUT2D eigenvalue weighted by atomic mass is 19.1. The first-order valence-electron chi connectivity index (χ1n) is 9.53. The first kappa shape index (κ1) is 17.5. The molecule has 2 saturated carbocycles. The van der Waals surface area contributed by atoms with Gasteiger partial charge in [-0.2, -0.15) is 0 Å². The molecule has 6 heteroatoms. The minimum absolute atomic E-state index is 0.0666. The van der Waals surface area contributed by atoms with Gasteiger partial charge in [0, 0.05) is 24.6 Å². The number of rotatable bonds is 4. The number of alkyl halides is 1. The van der Waals surface area contributed by atoms with Gasteiger partial charge in [0.1, 0.15) is 0 Å².